The van der Waals surface area contributed by atoms with E-state index in [1.165, 1.54) is 6.07 Å². The van der Waals surface area contributed by atoms with Crippen LogP contribution < -0.4 is 5.73 Å². The van der Waals surface area contributed by atoms with Crippen molar-refractivity contribution in [3.8, 4) is 0 Å². The van der Waals surface area contributed by atoms with E-state index in [2.05, 4.69) is 15.9 Å². The van der Waals surface area contributed by atoms with Crippen LogP contribution in [0.1, 0.15) is 5.56 Å². The summed E-state index contributed by atoms with van der Waals surface area (Å²) in [7, 11) is 0. The van der Waals surface area contributed by atoms with Crippen LogP contribution in [0.15, 0.2) is 22.7 Å². The minimum absolute atomic E-state index is 0. The molecule has 0 aliphatic heterocycles. The van der Waals surface area contributed by atoms with Crippen LogP contribution in [0.5, 0.6) is 0 Å². The van der Waals surface area contributed by atoms with Gasteiger partial charge in [0.25, 0.3) is 0 Å². The summed E-state index contributed by atoms with van der Waals surface area (Å²) in [6.45, 7) is 0. The molecule has 0 saturated heterocycles. The van der Waals surface area contributed by atoms with E-state index in [1.54, 1.807) is 12.1 Å². The molecule has 72 valence electrons. The number of hydrogen-bond donors (Lipinski definition) is 2. The van der Waals surface area contributed by atoms with Crippen molar-refractivity contribution < 1.29 is 4.39 Å². The van der Waals surface area contributed by atoms with Crippen molar-refractivity contribution in [2.75, 3.05) is 0 Å². The third kappa shape index (κ3) is 3.74. The van der Waals surface area contributed by atoms with Crippen LogP contribution in [-0.2, 0) is 6.42 Å². The summed E-state index contributed by atoms with van der Waals surface area (Å²) in [5, 5.41) is 6.98. The zero-order valence-corrected chi connectivity index (χ0v) is 9.08. The molecule has 0 unspecified atom stereocenters. The van der Waals surface area contributed by atoms with Crippen LogP contribution in [0, 0.1) is 11.2 Å². The highest BCUT2D eigenvalue weighted by Crippen LogP contribution is 2.15. The van der Waals surface area contributed by atoms with E-state index in [4.69, 9.17) is 11.1 Å². The molecule has 0 aliphatic rings. The highest BCUT2D eigenvalue weighted by atomic mass is 79.9. The Morgan fingerprint density at radius 1 is 1.54 bits per heavy atom. The lowest BCUT2D eigenvalue weighted by Crippen LogP contribution is -2.13. The Labute approximate surface area is 90.4 Å². The molecule has 13 heavy (non-hydrogen) atoms. The minimum atomic E-state index is -0.334. The molecule has 5 heteroatoms. The fourth-order valence-corrected chi connectivity index (χ4v) is 1.20. The average molecular weight is 268 g/mol. The number of hydrogen-bond acceptors (Lipinski definition) is 1. The van der Waals surface area contributed by atoms with Crippen molar-refractivity contribution in [3.63, 3.8) is 0 Å². The Morgan fingerprint density at radius 2 is 2.15 bits per heavy atom. The number of halogens is 3. The van der Waals surface area contributed by atoms with Crippen molar-refractivity contribution in [1.29, 1.82) is 5.41 Å². The van der Waals surface area contributed by atoms with Gasteiger partial charge in [-0.2, -0.15) is 0 Å². The molecule has 0 atom stereocenters. The third-order valence-electron chi connectivity index (χ3n) is 1.40. The Balaban J connectivity index is 0.00000144. The SMILES string of the molecule is Cl.N=C(N)Cc1ccc(Br)cc1F. The summed E-state index contributed by atoms with van der Waals surface area (Å²) in [6, 6.07) is 4.69. The molecule has 1 rings (SSSR count). The molecule has 0 bridgehead atoms. The van der Waals surface area contributed by atoms with Crippen LogP contribution in [0.4, 0.5) is 4.39 Å². The lowest BCUT2D eigenvalue weighted by molar-refractivity contribution is 0.615. The highest BCUT2D eigenvalue weighted by molar-refractivity contribution is 9.10. The maximum absolute atomic E-state index is 13.0. The fraction of sp³-hybridized carbons (Fsp3) is 0.125. The Kier molecular flexibility index (Phi) is 4.95. The first-order valence-corrected chi connectivity index (χ1v) is 4.15. The molecule has 0 fully saturated rings. The van der Waals surface area contributed by atoms with Crippen molar-refractivity contribution in [2.45, 2.75) is 6.42 Å². The van der Waals surface area contributed by atoms with E-state index in [1.807, 2.05) is 0 Å². The fourth-order valence-electron chi connectivity index (χ4n) is 0.870. The number of rotatable bonds is 2. The Bertz CT molecular complexity index is 317. The van der Waals surface area contributed by atoms with Crippen LogP contribution in [0.2, 0.25) is 0 Å². The zero-order valence-electron chi connectivity index (χ0n) is 6.68. The highest BCUT2D eigenvalue weighted by Gasteiger charge is 2.02. The van der Waals surface area contributed by atoms with Crippen LogP contribution in [-0.4, -0.2) is 5.84 Å². The first-order valence-electron chi connectivity index (χ1n) is 3.36. The molecule has 0 aromatic heterocycles. The summed E-state index contributed by atoms with van der Waals surface area (Å²) >= 11 is 3.14. The van der Waals surface area contributed by atoms with Crippen LogP contribution >= 0.6 is 28.3 Å². The average Bonchev–Trinajstić information content (AvgIpc) is 1.94. The first-order chi connectivity index (χ1) is 5.59. The summed E-state index contributed by atoms with van der Waals surface area (Å²) in [6.07, 6.45) is 0.166. The van der Waals surface area contributed by atoms with Gasteiger partial charge in [0.1, 0.15) is 5.82 Å². The van der Waals surface area contributed by atoms with Crippen molar-refractivity contribution in [1.82, 2.24) is 0 Å². The van der Waals surface area contributed by atoms with Crippen molar-refractivity contribution in [2.24, 2.45) is 5.73 Å². The normalized spacial score (nSPS) is 9.08. The van der Waals surface area contributed by atoms with Gasteiger partial charge in [-0.05, 0) is 17.7 Å². The quantitative estimate of drug-likeness (QED) is 0.628. The number of nitrogens with one attached hydrogen (secondary N) is 1. The molecular formula is C8H9BrClFN2. The monoisotopic (exact) mass is 266 g/mol. The van der Waals surface area contributed by atoms with E-state index in [9.17, 15) is 4.39 Å². The molecule has 0 amide bonds. The van der Waals surface area contributed by atoms with E-state index >= 15 is 0 Å². The smallest absolute Gasteiger partial charge is 0.127 e. The minimum Gasteiger partial charge on any atom is -0.387 e. The Hall–Kier alpha value is -0.610. The summed E-state index contributed by atoms with van der Waals surface area (Å²) in [4.78, 5) is 0. The topological polar surface area (TPSA) is 49.9 Å². The standard InChI is InChI=1S/C8H8BrFN2.ClH/c9-6-2-1-5(3-8(11)12)7(10)4-6;/h1-2,4H,3H2,(H3,11,12);1H. The number of nitrogens with two attached hydrogens (primary N) is 1. The third-order valence-corrected chi connectivity index (χ3v) is 1.89. The van der Waals surface area contributed by atoms with E-state index < -0.39 is 0 Å². The van der Waals surface area contributed by atoms with E-state index in [0.717, 1.165) is 0 Å². The van der Waals surface area contributed by atoms with Gasteiger partial charge in [-0.15, -0.1) is 12.4 Å². The molecule has 3 N–H and O–H groups in total. The maximum atomic E-state index is 13.0. The molecule has 0 heterocycles. The molecule has 0 saturated carbocycles. The molecule has 0 aliphatic carbocycles. The van der Waals surface area contributed by atoms with Gasteiger partial charge >= 0.3 is 0 Å². The van der Waals surface area contributed by atoms with Gasteiger partial charge in [-0.25, -0.2) is 4.39 Å². The molecule has 2 nitrogen and oxygen atoms in total. The van der Waals surface area contributed by atoms with Crippen molar-refractivity contribution >= 4 is 34.2 Å². The maximum Gasteiger partial charge on any atom is 0.127 e. The lowest BCUT2D eigenvalue weighted by atomic mass is 10.1. The summed E-state index contributed by atoms with van der Waals surface area (Å²) < 4.78 is 13.7. The van der Waals surface area contributed by atoms with Crippen LogP contribution in [0.3, 0.4) is 0 Å². The first kappa shape index (κ1) is 12.4. The largest absolute Gasteiger partial charge is 0.387 e. The molecule has 0 spiro atoms. The van der Waals surface area contributed by atoms with Gasteiger partial charge in [-0.3, -0.25) is 5.41 Å². The van der Waals surface area contributed by atoms with Gasteiger partial charge in [0.15, 0.2) is 0 Å². The lowest BCUT2D eigenvalue weighted by Gasteiger charge is -2.01. The van der Waals surface area contributed by atoms with Crippen LogP contribution in [0.25, 0.3) is 0 Å². The zero-order chi connectivity index (χ0) is 9.14. The molecule has 1 aromatic rings. The van der Waals surface area contributed by atoms with E-state index in [0.29, 0.717) is 10.0 Å². The van der Waals surface area contributed by atoms with Gasteiger partial charge in [0.05, 0.1) is 5.84 Å². The second kappa shape index (κ2) is 5.19. The summed E-state index contributed by atoms with van der Waals surface area (Å²) in [5.74, 6) is -0.365. The molecule has 1 aromatic carbocycles. The second-order valence-corrected chi connectivity index (χ2v) is 3.35. The van der Waals surface area contributed by atoms with Gasteiger partial charge in [0, 0.05) is 10.9 Å². The number of amidine groups is 1. The van der Waals surface area contributed by atoms with Gasteiger partial charge in [0.2, 0.25) is 0 Å². The molecule has 0 radical (unpaired) electrons. The predicted molar refractivity (Wildman–Crippen MR) is 57.0 cm³/mol. The van der Waals surface area contributed by atoms with E-state index in [-0.39, 0.29) is 30.5 Å². The predicted octanol–water partition coefficient (Wildman–Crippen LogP) is 2.49. The summed E-state index contributed by atoms with van der Waals surface area (Å²) in [5.41, 5.74) is 5.59. The van der Waals surface area contributed by atoms with Crippen molar-refractivity contribution in [3.05, 3.63) is 34.1 Å². The second-order valence-electron chi connectivity index (χ2n) is 2.44. The Morgan fingerprint density at radius 3 is 2.62 bits per heavy atom. The van der Waals surface area contributed by atoms with Gasteiger partial charge in [-0.1, -0.05) is 22.0 Å². The van der Waals surface area contributed by atoms with Gasteiger partial charge < -0.3 is 5.73 Å². The molecular weight excluding hydrogens is 258 g/mol. The number of benzene rings is 1.